The summed E-state index contributed by atoms with van der Waals surface area (Å²) >= 11 is 0. The number of nitrogens with one attached hydrogen (secondary N) is 1. The summed E-state index contributed by atoms with van der Waals surface area (Å²) in [5, 5.41) is 2.63. The summed E-state index contributed by atoms with van der Waals surface area (Å²) in [7, 11) is 0. The molecule has 0 radical (unpaired) electrons. The highest BCUT2D eigenvalue weighted by Gasteiger charge is 2.11. The van der Waals surface area contributed by atoms with Crippen molar-refractivity contribution in [3.8, 4) is 5.75 Å². The Kier molecular flexibility index (Phi) is 4.76. The minimum Gasteiger partial charge on any atom is -0.489 e. The molecule has 1 N–H and O–H groups in total. The molecule has 0 aliphatic carbocycles. The number of benzene rings is 1. The van der Waals surface area contributed by atoms with Crippen LogP contribution in [-0.2, 0) is 6.61 Å². The van der Waals surface area contributed by atoms with Gasteiger partial charge in [0, 0.05) is 24.3 Å². The molecule has 0 saturated heterocycles. The molecule has 5 nitrogen and oxygen atoms in total. The van der Waals surface area contributed by atoms with Crippen molar-refractivity contribution in [2.75, 3.05) is 5.32 Å². The van der Waals surface area contributed by atoms with Gasteiger partial charge in [-0.1, -0.05) is 0 Å². The van der Waals surface area contributed by atoms with E-state index < -0.39 is 11.7 Å². The van der Waals surface area contributed by atoms with Crippen LogP contribution in [0, 0.1) is 5.82 Å². The van der Waals surface area contributed by atoms with Crippen LogP contribution >= 0.6 is 0 Å². The minimum absolute atomic E-state index is 0.0528. The van der Waals surface area contributed by atoms with Gasteiger partial charge in [0.05, 0.1) is 11.8 Å². The Morgan fingerprint density at radius 2 is 1.71 bits per heavy atom. The Bertz CT molecular complexity index is 823. The van der Waals surface area contributed by atoms with Crippen LogP contribution < -0.4 is 10.1 Å². The number of carbonyl (C=O) groups is 1. The molecule has 24 heavy (non-hydrogen) atoms. The minimum atomic E-state index is -0.660. The summed E-state index contributed by atoms with van der Waals surface area (Å²) in [6.07, 6.45) is 5.78. The molecule has 6 heteroatoms. The predicted molar refractivity (Wildman–Crippen MR) is 87.2 cm³/mol. The molecule has 0 bridgehead atoms. The number of carbonyl (C=O) groups excluding carboxylic acids is 1. The normalized spacial score (nSPS) is 10.2. The zero-order chi connectivity index (χ0) is 16.8. The summed E-state index contributed by atoms with van der Waals surface area (Å²) in [6, 6.07) is 11.9. The maximum atomic E-state index is 13.5. The van der Waals surface area contributed by atoms with Crippen LogP contribution in [0.25, 0.3) is 0 Å². The number of hydrogen-bond donors (Lipinski definition) is 1. The van der Waals surface area contributed by atoms with Gasteiger partial charge in [-0.05, 0) is 48.0 Å². The van der Waals surface area contributed by atoms with Gasteiger partial charge in [0.2, 0.25) is 0 Å². The molecule has 0 fully saturated rings. The van der Waals surface area contributed by atoms with E-state index >= 15 is 0 Å². The van der Waals surface area contributed by atoms with E-state index in [1.165, 1.54) is 12.3 Å². The van der Waals surface area contributed by atoms with Gasteiger partial charge in [0.15, 0.2) is 5.82 Å². The summed E-state index contributed by atoms with van der Waals surface area (Å²) in [4.78, 5) is 19.6. The zero-order valence-electron chi connectivity index (χ0n) is 12.6. The first-order chi connectivity index (χ1) is 11.7. The Hall–Kier alpha value is -3.28. The van der Waals surface area contributed by atoms with E-state index in [1.54, 1.807) is 36.7 Å². The number of aromatic nitrogens is 2. The lowest BCUT2D eigenvalue weighted by molar-refractivity contribution is 0.102. The third kappa shape index (κ3) is 3.92. The molecule has 120 valence electrons. The number of nitrogens with zero attached hydrogens (tertiary/aromatic N) is 2. The second-order valence-corrected chi connectivity index (χ2v) is 4.98. The van der Waals surface area contributed by atoms with E-state index in [1.807, 2.05) is 12.1 Å². The lowest BCUT2D eigenvalue weighted by Gasteiger charge is -2.08. The van der Waals surface area contributed by atoms with Crippen molar-refractivity contribution in [3.63, 3.8) is 0 Å². The van der Waals surface area contributed by atoms with Crippen LogP contribution in [0.4, 0.5) is 10.1 Å². The quantitative estimate of drug-likeness (QED) is 0.781. The third-order valence-corrected chi connectivity index (χ3v) is 3.28. The number of hydrogen-bond acceptors (Lipinski definition) is 4. The topological polar surface area (TPSA) is 64.1 Å². The molecule has 3 rings (SSSR count). The second-order valence-electron chi connectivity index (χ2n) is 4.98. The Morgan fingerprint density at radius 1 is 1.00 bits per heavy atom. The molecule has 0 unspecified atom stereocenters. The summed E-state index contributed by atoms with van der Waals surface area (Å²) in [5.74, 6) is -0.521. The fourth-order valence-corrected chi connectivity index (χ4v) is 2.04. The molecular formula is C18H14FN3O2. The standard InChI is InChI=1S/C18H14FN3O2/c19-17-11-21-10-7-16(17)18(23)22-14-1-3-15(4-2-14)24-12-13-5-8-20-9-6-13/h1-11H,12H2,(H,22,23). The molecule has 2 aromatic heterocycles. The van der Waals surface area contributed by atoms with Gasteiger partial charge in [-0.2, -0.15) is 0 Å². The van der Waals surface area contributed by atoms with E-state index in [-0.39, 0.29) is 5.56 Å². The van der Waals surface area contributed by atoms with E-state index in [2.05, 4.69) is 15.3 Å². The molecule has 1 amide bonds. The largest absolute Gasteiger partial charge is 0.489 e. The van der Waals surface area contributed by atoms with E-state index in [9.17, 15) is 9.18 Å². The number of rotatable bonds is 5. The van der Waals surface area contributed by atoms with Crippen molar-refractivity contribution in [3.05, 3.63) is 84.2 Å². The summed E-state index contributed by atoms with van der Waals surface area (Å²) in [6.45, 7) is 0.427. The van der Waals surface area contributed by atoms with Crippen molar-refractivity contribution in [2.45, 2.75) is 6.61 Å². The molecule has 0 aliphatic heterocycles. The van der Waals surface area contributed by atoms with Gasteiger partial charge in [0.25, 0.3) is 5.91 Å². The number of halogens is 1. The molecular weight excluding hydrogens is 309 g/mol. The van der Waals surface area contributed by atoms with E-state index in [0.717, 1.165) is 11.8 Å². The number of amides is 1. The SMILES string of the molecule is O=C(Nc1ccc(OCc2ccncc2)cc1)c1ccncc1F. The molecule has 0 atom stereocenters. The molecule has 0 aliphatic rings. The van der Waals surface area contributed by atoms with Crippen LogP contribution in [0.15, 0.2) is 67.3 Å². The molecule has 2 heterocycles. The second kappa shape index (κ2) is 7.32. The highest BCUT2D eigenvalue weighted by atomic mass is 19.1. The fourth-order valence-electron chi connectivity index (χ4n) is 2.04. The van der Waals surface area contributed by atoms with Crippen LogP contribution in [-0.4, -0.2) is 15.9 Å². The van der Waals surface area contributed by atoms with E-state index in [4.69, 9.17) is 4.74 Å². The number of ether oxygens (including phenoxy) is 1. The Labute approximate surface area is 138 Å². The summed E-state index contributed by atoms with van der Waals surface area (Å²) in [5.41, 5.74) is 1.51. The monoisotopic (exact) mass is 323 g/mol. The molecule has 0 spiro atoms. The van der Waals surface area contributed by atoms with Crippen molar-refractivity contribution >= 4 is 11.6 Å². The van der Waals surface area contributed by atoms with Crippen LogP contribution in [0.1, 0.15) is 15.9 Å². The fraction of sp³-hybridized carbons (Fsp3) is 0.0556. The van der Waals surface area contributed by atoms with Gasteiger partial charge in [-0.15, -0.1) is 0 Å². The van der Waals surface area contributed by atoms with Crippen molar-refractivity contribution in [1.82, 2.24) is 9.97 Å². The van der Waals surface area contributed by atoms with Crippen molar-refractivity contribution in [2.24, 2.45) is 0 Å². The van der Waals surface area contributed by atoms with Crippen LogP contribution in [0.2, 0.25) is 0 Å². The third-order valence-electron chi connectivity index (χ3n) is 3.28. The first-order valence-electron chi connectivity index (χ1n) is 7.25. The molecule has 3 aromatic rings. The lowest BCUT2D eigenvalue weighted by Crippen LogP contribution is -2.13. The highest BCUT2D eigenvalue weighted by Crippen LogP contribution is 2.18. The predicted octanol–water partition coefficient (Wildman–Crippen LogP) is 3.45. The summed E-state index contributed by atoms with van der Waals surface area (Å²) < 4.78 is 19.2. The van der Waals surface area contributed by atoms with Crippen molar-refractivity contribution in [1.29, 1.82) is 0 Å². The smallest absolute Gasteiger partial charge is 0.258 e. The van der Waals surface area contributed by atoms with Crippen LogP contribution in [0.3, 0.4) is 0 Å². The van der Waals surface area contributed by atoms with Gasteiger partial charge in [-0.25, -0.2) is 4.39 Å². The maximum Gasteiger partial charge on any atom is 0.258 e. The van der Waals surface area contributed by atoms with Gasteiger partial charge in [0.1, 0.15) is 12.4 Å². The van der Waals surface area contributed by atoms with Gasteiger partial charge < -0.3 is 10.1 Å². The van der Waals surface area contributed by atoms with E-state index in [0.29, 0.717) is 18.0 Å². The lowest BCUT2D eigenvalue weighted by atomic mass is 10.2. The molecule has 1 aromatic carbocycles. The van der Waals surface area contributed by atoms with Gasteiger partial charge >= 0.3 is 0 Å². The molecule has 0 saturated carbocycles. The number of anilines is 1. The highest BCUT2D eigenvalue weighted by molar-refractivity contribution is 6.04. The van der Waals surface area contributed by atoms with Crippen LogP contribution in [0.5, 0.6) is 5.75 Å². The van der Waals surface area contributed by atoms with Gasteiger partial charge in [-0.3, -0.25) is 14.8 Å². The zero-order valence-corrected chi connectivity index (χ0v) is 12.6. The Balaban J connectivity index is 1.60. The Morgan fingerprint density at radius 3 is 2.42 bits per heavy atom. The van der Waals surface area contributed by atoms with Crippen molar-refractivity contribution < 1.29 is 13.9 Å². The average molecular weight is 323 g/mol. The number of pyridine rings is 2. The first kappa shape index (κ1) is 15.6. The maximum absolute atomic E-state index is 13.5. The first-order valence-corrected chi connectivity index (χ1v) is 7.25. The average Bonchev–Trinajstić information content (AvgIpc) is 2.62.